The Bertz CT molecular complexity index is 1050. The maximum absolute atomic E-state index is 13.9. The van der Waals surface area contributed by atoms with E-state index in [1.165, 1.54) is 12.5 Å². The lowest BCUT2D eigenvalue weighted by molar-refractivity contribution is -0.139. The third-order valence-corrected chi connectivity index (χ3v) is 9.18. The highest BCUT2D eigenvalue weighted by Gasteiger charge is 2.39. The molecule has 2 unspecified atom stereocenters. The summed E-state index contributed by atoms with van der Waals surface area (Å²) in [4.78, 5) is 11.3. The van der Waals surface area contributed by atoms with Crippen LogP contribution in [0.1, 0.15) is 73.6 Å². The summed E-state index contributed by atoms with van der Waals surface area (Å²) in [6, 6.07) is 8.71. The standard InChI is InChI=1S/C28H39ClO4S/c1-20(16-18-33-23(4)30)14-15-25(29)22(3)19-26(27-21(2)11-10-17-28(27,5)6)34(31,32)24-12-8-7-9-13-24/h7-9,12-13,16,19,25-26H,10-11,14-15,17-18H2,1-6H3. The molecule has 0 saturated carbocycles. The number of esters is 1. The molecule has 34 heavy (non-hydrogen) atoms. The molecule has 0 aromatic heterocycles. The fraction of sp³-hybridized carbons (Fsp3) is 0.536. The Kier molecular flexibility index (Phi) is 10.2. The molecule has 188 valence electrons. The molecule has 0 radical (unpaired) electrons. The molecule has 0 N–H and O–H groups in total. The summed E-state index contributed by atoms with van der Waals surface area (Å²) < 4.78 is 32.7. The van der Waals surface area contributed by atoms with Crippen LogP contribution < -0.4 is 0 Å². The molecule has 1 aliphatic carbocycles. The number of alkyl halides is 1. The van der Waals surface area contributed by atoms with Crippen molar-refractivity contribution in [1.29, 1.82) is 0 Å². The quantitative estimate of drug-likeness (QED) is 0.191. The lowest BCUT2D eigenvalue weighted by Crippen LogP contribution is -2.34. The summed E-state index contributed by atoms with van der Waals surface area (Å²) in [6.07, 6.45) is 8.12. The van der Waals surface area contributed by atoms with Crippen molar-refractivity contribution in [3.05, 3.63) is 64.8 Å². The van der Waals surface area contributed by atoms with E-state index in [2.05, 4.69) is 20.8 Å². The van der Waals surface area contributed by atoms with Crippen LogP contribution in [0, 0.1) is 5.41 Å². The van der Waals surface area contributed by atoms with Crippen LogP contribution in [0.2, 0.25) is 0 Å². The Morgan fingerprint density at radius 2 is 1.82 bits per heavy atom. The van der Waals surface area contributed by atoms with Gasteiger partial charge in [-0.2, -0.15) is 0 Å². The molecule has 0 spiro atoms. The smallest absolute Gasteiger partial charge is 0.302 e. The van der Waals surface area contributed by atoms with Crippen molar-refractivity contribution < 1.29 is 17.9 Å². The number of sulfone groups is 1. The monoisotopic (exact) mass is 506 g/mol. The molecule has 0 amide bonds. The second-order valence-corrected chi connectivity index (χ2v) is 12.6. The number of halogens is 1. The minimum atomic E-state index is -3.64. The second-order valence-electron chi connectivity index (χ2n) is 9.98. The first-order chi connectivity index (χ1) is 15.9. The van der Waals surface area contributed by atoms with Crippen LogP contribution in [0.25, 0.3) is 0 Å². The van der Waals surface area contributed by atoms with Gasteiger partial charge in [-0.1, -0.05) is 54.8 Å². The van der Waals surface area contributed by atoms with E-state index in [0.717, 1.165) is 42.4 Å². The third-order valence-electron chi connectivity index (χ3n) is 6.65. The van der Waals surface area contributed by atoms with E-state index in [9.17, 15) is 13.2 Å². The Morgan fingerprint density at radius 3 is 2.41 bits per heavy atom. The van der Waals surface area contributed by atoms with Gasteiger partial charge in [0.25, 0.3) is 0 Å². The average Bonchev–Trinajstić information content (AvgIpc) is 2.76. The molecule has 1 aromatic rings. The summed E-state index contributed by atoms with van der Waals surface area (Å²) in [6.45, 7) is 11.9. The summed E-state index contributed by atoms with van der Waals surface area (Å²) in [5.41, 5.74) is 3.91. The summed E-state index contributed by atoms with van der Waals surface area (Å²) >= 11 is 6.75. The summed E-state index contributed by atoms with van der Waals surface area (Å²) in [5.74, 6) is -0.307. The number of hydrogen-bond acceptors (Lipinski definition) is 4. The van der Waals surface area contributed by atoms with E-state index in [0.29, 0.717) is 11.3 Å². The van der Waals surface area contributed by atoms with Crippen molar-refractivity contribution in [2.24, 2.45) is 5.41 Å². The fourth-order valence-electron chi connectivity index (χ4n) is 4.68. The van der Waals surface area contributed by atoms with Crippen molar-refractivity contribution in [2.75, 3.05) is 6.61 Å². The van der Waals surface area contributed by atoms with E-state index >= 15 is 0 Å². The highest BCUT2D eigenvalue weighted by atomic mass is 35.5. The summed E-state index contributed by atoms with van der Waals surface area (Å²) in [7, 11) is -3.64. The largest absolute Gasteiger partial charge is 0.462 e. The molecular formula is C28H39ClO4S. The second kappa shape index (κ2) is 12.2. The predicted octanol–water partition coefficient (Wildman–Crippen LogP) is 7.20. The normalized spacial score (nSPS) is 19.0. The molecule has 4 nitrogen and oxygen atoms in total. The zero-order chi connectivity index (χ0) is 25.5. The van der Waals surface area contributed by atoms with Gasteiger partial charge in [0.15, 0.2) is 9.84 Å². The first-order valence-corrected chi connectivity index (χ1v) is 13.9. The Labute approximate surface area is 211 Å². The lowest BCUT2D eigenvalue weighted by atomic mass is 9.71. The Morgan fingerprint density at radius 1 is 1.18 bits per heavy atom. The van der Waals surface area contributed by atoms with Crippen LogP contribution in [0.5, 0.6) is 0 Å². The molecule has 6 heteroatoms. The van der Waals surface area contributed by atoms with Crippen LogP contribution in [-0.4, -0.2) is 31.6 Å². The number of ether oxygens (including phenoxy) is 1. The number of rotatable bonds is 10. The fourth-order valence-corrected chi connectivity index (χ4v) is 6.92. The number of benzene rings is 1. The van der Waals surface area contributed by atoms with Crippen molar-refractivity contribution in [1.82, 2.24) is 0 Å². The molecule has 0 aliphatic heterocycles. The topological polar surface area (TPSA) is 60.4 Å². The van der Waals surface area contributed by atoms with Gasteiger partial charge in [-0.15, -0.1) is 11.6 Å². The minimum Gasteiger partial charge on any atom is -0.462 e. The number of hydrogen-bond donors (Lipinski definition) is 0. The number of carbonyl (C=O) groups excluding carboxylic acids is 1. The van der Waals surface area contributed by atoms with E-state index in [1.54, 1.807) is 24.3 Å². The zero-order valence-corrected chi connectivity index (χ0v) is 22.9. The Hall–Kier alpha value is -1.85. The molecule has 0 fully saturated rings. The van der Waals surface area contributed by atoms with Gasteiger partial charge in [0.2, 0.25) is 0 Å². The minimum absolute atomic E-state index is 0.205. The molecule has 0 bridgehead atoms. The van der Waals surface area contributed by atoms with Crippen molar-refractivity contribution in [3.8, 4) is 0 Å². The van der Waals surface area contributed by atoms with Crippen LogP contribution in [0.4, 0.5) is 0 Å². The predicted molar refractivity (Wildman–Crippen MR) is 141 cm³/mol. The first-order valence-electron chi connectivity index (χ1n) is 12.0. The van der Waals surface area contributed by atoms with E-state index in [-0.39, 0.29) is 23.4 Å². The van der Waals surface area contributed by atoms with Gasteiger partial charge in [-0.05, 0) is 82.1 Å². The molecule has 2 rings (SSSR count). The van der Waals surface area contributed by atoms with Crippen molar-refractivity contribution in [2.45, 2.75) is 89.2 Å². The highest BCUT2D eigenvalue weighted by Crippen LogP contribution is 2.45. The molecule has 2 atom stereocenters. The maximum atomic E-state index is 13.9. The third kappa shape index (κ3) is 7.58. The van der Waals surface area contributed by atoms with Gasteiger partial charge < -0.3 is 4.74 Å². The van der Waals surface area contributed by atoms with Gasteiger partial charge in [-0.3, -0.25) is 4.79 Å². The lowest BCUT2D eigenvalue weighted by Gasteiger charge is -2.38. The number of allylic oxidation sites excluding steroid dienone is 3. The van der Waals surface area contributed by atoms with Crippen LogP contribution in [-0.2, 0) is 19.4 Å². The van der Waals surface area contributed by atoms with E-state index in [4.69, 9.17) is 16.3 Å². The van der Waals surface area contributed by atoms with Crippen LogP contribution in [0.3, 0.4) is 0 Å². The Balaban J connectivity index is 2.37. The van der Waals surface area contributed by atoms with Gasteiger partial charge in [0.1, 0.15) is 11.9 Å². The van der Waals surface area contributed by atoms with Gasteiger partial charge in [0, 0.05) is 6.92 Å². The highest BCUT2D eigenvalue weighted by molar-refractivity contribution is 7.92. The van der Waals surface area contributed by atoms with Gasteiger partial charge in [0.05, 0.1) is 10.3 Å². The maximum Gasteiger partial charge on any atom is 0.302 e. The average molecular weight is 507 g/mol. The molecule has 1 aromatic carbocycles. The van der Waals surface area contributed by atoms with Gasteiger partial charge >= 0.3 is 5.97 Å². The molecule has 1 aliphatic rings. The SMILES string of the molecule is CC(=O)OCC=C(C)CCC(Cl)C(C)=CC(C1=C(C)CCCC1(C)C)S(=O)(=O)c1ccccc1. The zero-order valence-electron chi connectivity index (χ0n) is 21.4. The van der Waals surface area contributed by atoms with Crippen molar-refractivity contribution >= 4 is 27.4 Å². The van der Waals surface area contributed by atoms with E-state index in [1.807, 2.05) is 32.1 Å². The van der Waals surface area contributed by atoms with Crippen LogP contribution in [0.15, 0.2) is 69.7 Å². The van der Waals surface area contributed by atoms with Gasteiger partial charge in [-0.25, -0.2) is 8.42 Å². The molecular weight excluding hydrogens is 468 g/mol. The first kappa shape index (κ1) is 28.4. The molecule has 0 saturated heterocycles. The van der Waals surface area contributed by atoms with Crippen LogP contribution >= 0.6 is 11.6 Å². The number of carbonyl (C=O) groups is 1. The van der Waals surface area contributed by atoms with E-state index < -0.39 is 15.1 Å². The summed E-state index contributed by atoms with van der Waals surface area (Å²) in [5, 5.41) is -1.04. The molecule has 0 heterocycles. The van der Waals surface area contributed by atoms with Crippen molar-refractivity contribution in [3.63, 3.8) is 0 Å².